The smallest absolute Gasteiger partial charge is 0.315 e. The quantitative estimate of drug-likeness (QED) is 0.885. The maximum absolute atomic E-state index is 5.36. The molecule has 1 heterocycles. The molecule has 0 aliphatic heterocycles. The van der Waals surface area contributed by atoms with Crippen molar-refractivity contribution in [1.29, 1.82) is 0 Å². The molecule has 0 bridgehead atoms. The maximum Gasteiger partial charge on any atom is 0.315 e. The molecule has 17 heavy (non-hydrogen) atoms. The van der Waals surface area contributed by atoms with Gasteiger partial charge >= 0.3 is 6.01 Å². The summed E-state index contributed by atoms with van der Waals surface area (Å²) in [6.45, 7) is 1.24. The number of halogens is 1. The van der Waals surface area contributed by atoms with Crippen LogP contribution < -0.4 is 10.6 Å². The number of nitrogens with zero attached hydrogens (tertiary/aromatic N) is 2. The second-order valence-corrected chi connectivity index (χ2v) is 4.43. The van der Waals surface area contributed by atoms with Crippen molar-refractivity contribution in [3.8, 4) is 0 Å². The van der Waals surface area contributed by atoms with Gasteiger partial charge in [0.25, 0.3) is 0 Å². The summed E-state index contributed by atoms with van der Waals surface area (Å²) in [5.74, 6) is 0.575. The van der Waals surface area contributed by atoms with Crippen LogP contribution >= 0.6 is 15.9 Å². The van der Waals surface area contributed by atoms with E-state index in [9.17, 15) is 0 Å². The first-order chi connectivity index (χ1) is 8.28. The molecule has 0 aliphatic carbocycles. The largest absolute Gasteiger partial charge is 0.407 e. The molecule has 2 aromatic rings. The van der Waals surface area contributed by atoms with Crippen LogP contribution in [0.4, 0.5) is 6.01 Å². The van der Waals surface area contributed by atoms with Crippen LogP contribution in [0, 0.1) is 0 Å². The number of hydrogen-bond acceptors (Lipinski definition) is 5. The van der Waals surface area contributed by atoms with Gasteiger partial charge in [0, 0.05) is 11.0 Å². The average Bonchev–Trinajstić information content (AvgIpc) is 2.77. The van der Waals surface area contributed by atoms with Crippen molar-refractivity contribution in [3.63, 3.8) is 0 Å². The minimum absolute atomic E-state index is 0.443. The summed E-state index contributed by atoms with van der Waals surface area (Å²) in [5.41, 5.74) is 1.15. The zero-order valence-electron chi connectivity index (χ0n) is 9.40. The second kappa shape index (κ2) is 5.79. The van der Waals surface area contributed by atoms with E-state index in [2.05, 4.69) is 36.8 Å². The fourth-order valence-electron chi connectivity index (χ4n) is 1.33. The summed E-state index contributed by atoms with van der Waals surface area (Å²) in [5, 5.41) is 13.8. The average molecular weight is 297 g/mol. The molecule has 0 saturated carbocycles. The molecule has 0 atom stereocenters. The van der Waals surface area contributed by atoms with Gasteiger partial charge < -0.3 is 15.1 Å². The van der Waals surface area contributed by atoms with Gasteiger partial charge in [-0.15, -0.1) is 5.10 Å². The highest BCUT2D eigenvalue weighted by atomic mass is 79.9. The summed E-state index contributed by atoms with van der Waals surface area (Å²) < 4.78 is 6.43. The topological polar surface area (TPSA) is 63.0 Å². The van der Waals surface area contributed by atoms with E-state index >= 15 is 0 Å². The van der Waals surface area contributed by atoms with E-state index in [0.29, 0.717) is 25.0 Å². The minimum atomic E-state index is 0.443. The van der Waals surface area contributed by atoms with Crippen molar-refractivity contribution in [2.45, 2.75) is 13.1 Å². The number of benzene rings is 1. The van der Waals surface area contributed by atoms with Gasteiger partial charge in [0.2, 0.25) is 5.89 Å². The van der Waals surface area contributed by atoms with Gasteiger partial charge in [-0.1, -0.05) is 33.2 Å². The Morgan fingerprint density at radius 2 is 1.94 bits per heavy atom. The highest BCUT2D eigenvalue weighted by Gasteiger charge is 2.04. The fourth-order valence-corrected chi connectivity index (χ4v) is 1.59. The molecule has 90 valence electrons. The lowest BCUT2D eigenvalue weighted by Crippen LogP contribution is -2.04. The van der Waals surface area contributed by atoms with Gasteiger partial charge in [-0.3, -0.25) is 0 Å². The van der Waals surface area contributed by atoms with E-state index in [1.165, 1.54) is 0 Å². The van der Waals surface area contributed by atoms with E-state index < -0.39 is 0 Å². The van der Waals surface area contributed by atoms with Crippen LogP contribution in [-0.4, -0.2) is 17.2 Å². The zero-order valence-corrected chi connectivity index (χ0v) is 11.0. The number of anilines is 1. The summed E-state index contributed by atoms with van der Waals surface area (Å²) in [7, 11) is 1.83. The minimum Gasteiger partial charge on any atom is -0.407 e. The Bertz CT molecular complexity index is 469. The third-order valence-electron chi connectivity index (χ3n) is 2.15. The number of hydrogen-bond donors (Lipinski definition) is 2. The van der Waals surface area contributed by atoms with E-state index in [1.54, 1.807) is 0 Å². The molecule has 1 aromatic heterocycles. The van der Waals surface area contributed by atoms with Crippen molar-refractivity contribution in [3.05, 3.63) is 40.2 Å². The predicted molar refractivity (Wildman–Crippen MR) is 68.5 cm³/mol. The molecule has 2 rings (SSSR count). The summed E-state index contributed by atoms with van der Waals surface area (Å²) in [6, 6.07) is 8.50. The highest BCUT2D eigenvalue weighted by Crippen LogP contribution is 2.12. The summed E-state index contributed by atoms with van der Waals surface area (Å²) in [6.07, 6.45) is 0. The normalized spacial score (nSPS) is 10.5. The fraction of sp³-hybridized carbons (Fsp3) is 0.273. The van der Waals surface area contributed by atoms with Crippen LogP contribution in [0.5, 0.6) is 0 Å². The van der Waals surface area contributed by atoms with E-state index in [-0.39, 0.29) is 0 Å². The molecule has 1 aromatic carbocycles. The first-order valence-electron chi connectivity index (χ1n) is 5.23. The van der Waals surface area contributed by atoms with Crippen LogP contribution in [0.15, 0.2) is 33.2 Å². The molecular weight excluding hydrogens is 284 g/mol. The Morgan fingerprint density at radius 1 is 1.18 bits per heavy atom. The first kappa shape index (κ1) is 12.1. The zero-order chi connectivity index (χ0) is 12.1. The van der Waals surface area contributed by atoms with E-state index in [1.807, 2.05) is 31.3 Å². The van der Waals surface area contributed by atoms with Crippen LogP contribution in [0.25, 0.3) is 0 Å². The van der Waals surface area contributed by atoms with Crippen molar-refractivity contribution in [2.75, 3.05) is 12.4 Å². The van der Waals surface area contributed by atoms with Crippen LogP contribution in [0.2, 0.25) is 0 Å². The predicted octanol–water partition coefficient (Wildman–Crippen LogP) is 2.16. The molecule has 0 radical (unpaired) electrons. The Balaban J connectivity index is 1.90. The Morgan fingerprint density at radius 3 is 2.65 bits per heavy atom. The summed E-state index contributed by atoms with van der Waals surface area (Å²) in [4.78, 5) is 0. The number of rotatable bonds is 5. The molecule has 0 unspecified atom stereocenters. The Hall–Kier alpha value is -1.40. The molecule has 5 nitrogen and oxygen atoms in total. The number of aromatic nitrogens is 2. The van der Waals surface area contributed by atoms with Crippen molar-refractivity contribution in [1.82, 2.24) is 15.5 Å². The van der Waals surface area contributed by atoms with Crippen molar-refractivity contribution in [2.24, 2.45) is 0 Å². The van der Waals surface area contributed by atoms with Crippen LogP contribution in [0.1, 0.15) is 11.5 Å². The summed E-state index contributed by atoms with van der Waals surface area (Å²) >= 11 is 3.39. The van der Waals surface area contributed by atoms with Crippen LogP contribution in [-0.2, 0) is 13.1 Å². The second-order valence-electron chi connectivity index (χ2n) is 3.51. The lowest BCUT2D eigenvalue weighted by molar-refractivity contribution is 0.489. The van der Waals surface area contributed by atoms with Gasteiger partial charge in [-0.25, -0.2) is 0 Å². The lowest BCUT2D eigenvalue weighted by Gasteiger charge is -2.01. The number of nitrogens with one attached hydrogen (secondary N) is 2. The standard InChI is InChI=1S/C11H13BrN4O/c1-13-7-10-15-16-11(17-10)14-6-8-2-4-9(12)5-3-8/h2-5,13H,6-7H2,1H3,(H,14,16). The Labute approximate surface area is 108 Å². The molecule has 0 saturated heterocycles. The molecule has 0 fully saturated rings. The van der Waals surface area contributed by atoms with E-state index in [4.69, 9.17) is 4.42 Å². The molecule has 0 aliphatic rings. The third kappa shape index (κ3) is 3.54. The van der Waals surface area contributed by atoms with Gasteiger partial charge in [0.15, 0.2) is 0 Å². The van der Waals surface area contributed by atoms with Gasteiger partial charge in [0.05, 0.1) is 6.54 Å². The van der Waals surface area contributed by atoms with Crippen LogP contribution in [0.3, 0.4) is 0 Å². The van der Waals surface area contributed by atoms with E-state index in [0.717, 1.165) is 10.0 Å². The van der Waals surface area contributed by atoms with Gasteiger partial charge in [0.1, 0.15) is 0 Å². The first-order valence-corrected chi connectivity index (χ1v) is 6.02. The maximum atomic E-state index is 5.36. The Kier molecular flexibility index (Phi) is 4.11. The van der Waals surface area contributed by atoms with Gasteiger partial charge in [-0.2, -0.15) is 0 Å². The molecule has 0 amide bonds. The third-order valence-corrected chi connectivity index (χ3v) is 2.68. The molecular formula is C11H13BrN4O. The molecule has 0 spiro atoms. The van der Waals surface area contributed by atoms with Crippen molar-refractivity contribution < 1.29 is 4.42 Å². The van der Waals surface area contributed by atoms with Gasteiger partial charge in [-0.05, 0) is 24.7 Å². The SMILES string of the molecule is CNCc1nnc(NCc2ccc(Br)cc2)o1. The highest BCUT2D eigenvalue weighted by molar-refractivity contribution is 9.10. The monoisotopic (exact) mass is 296 g/mol. The molecule has 2 N–H and O–H groups in total. The van der Waals surface area contributed by atoms with Crippen molar-refractivity contribution >= 4 is 21.9 Å². The molecule has 6 heteroatoms. The lowest BCUT2D eigenvalue weighted by atomic mass is 10.2.